The molecule has 0 fully saturated rings. The predicted molar refractivity (Wildman–Crippen MR) is 79.6 cm³/mol. The Morgan fingerprint density at radius 1 is 1.24 bits per heavy atom. The average Bonchev–Trinajstić information content (AvgIpc) is 2.95. The zero-order valence-corrected chi connectivity index (χ0v) is 12.4. The highest BCUT2D eigenvalue weighted by Crippen LogP contribution is 2.37. The lowest BCUT2D eigenvalue weighted by atomic mass is 10.2. The van der Waals surface area contributed by atoms with Crippen LogP contribution in [0.15, 0.2) is 18.3 Å². The van der Waals surface area contributed by atoms with Crippen LogP contribution in [-0.4, -0.2) is 33.4 Å². The fourth-order valence-corrected chi connectivity index (χ4v) is 2.55. The Morgan fingerprint density at radius 3 is 2.67 bits per heavy atom. The van der Waals surface area contributed by atoms with Crippen molar-refractivity contribution in [3.05, 3.63) is 24.0 Å². The van der Waals surface area contributed by atoms with Crippen molar-refractivity contribution in [1.29, 1.82) is 0 Å². The number of anilines is 1. The van der Waals surface area contributed by atoms with Crippen LogP contribution in [0.5, 0.6) is 11.6 Å². The first-order valence-corrected chi connectivity index (χ1v) is 6.47. The van der Waals surface area contributed by atoms with E-state index in [4.69, 9.17) is 15.2 Å². The second-order valence-electron chi connectivity index (χ2n) is 4.71. The fourth-order valence-electron chi connectivity index (χ4n) is 2.55. The molecule has 0 radical (unpaired) electrons. The van der Waals surface area contributed by atoms with Gasteiger partial charge in [-0.05, 0) is 19.1 Å². The number of nitrogens with zero attached hydrogens (tertiary/aromatic N) is 4. The van der Waals surface area contributed by atoms with E-state index in [1.54, 1.807) is 23.3 Å². The van der Waals surface area contributed by atoms with Gasteiger partial charge < -0.3 is 15.2 Å². The first-order valence-electron chi connectivity index (χ1n) is 6.47. The summed E-state index contributed by atoms with van der Waals surface area (Å²) in [6.07, 6.45) is 1.85. The number of fused-ring (bicyclic) bond motifs is 1. The van der Waals surface area contributed by atoms with Crippen molar-refractivity contribution >= 4 is 11.5 Å². The maximum atomic E-state index is 6.25. The van der Waals surface area contributed by atoms with Crippen LogP contribution in [0.25, 0.3) is 16.9 Å². The third kappa shape index (κ3) is 1.81. The highest BCUT2D eigenvalue weighted by Gasteiger charge is 2.23. The van der Waals surface area contributed by atoms with Crippen LogP contribution in [0, 0.1) is 6.92 Å². The molecule has 7 heteroatoms. The number of nitrogen functional groups attached to an aromatic ring is 1. The number of rotatable bonds is 3. The molecule has 0 aromatic carbocycles. The molecule has 0 amide bonds. The van der Waals surface area contributed by atoms with Gasteiger partial charge in [-0.25, -0.2) is 9.67 Å². The number of aryl methyl sites for hydroxylation is 2. The molecule has 0 aliphatic rings. The van der Waals surface area contributed by atoms with E-state index in [2.05, 4.69) is 10.1 Å². The highest BCUT2D eigenvalue weighted by molar-refractivity contribution is 5.81. The summed E-state index contributed by atoms with van der Waals surface area (Å²) < 4.78 is 14.2. The van der Waals surface area contributed by atoms with Gasteiger partial charge in [-0.15, -0.1) is 0 Å². The van der Waals surface area contributed by atoms with Crippen molar-refractivity contribution in [3.63, 3.8) is 0 Å². The number of imidazole rings is 1. The number of nitrogens with two attached hydrogens (primary N) is 1. The van der Waals surface area contributed by atoms with E-state index in [0.717, 1.165) is 11.3 Å². The number of methoxy groups -OCH3 is 2. The molecule has 0 bridgehead atoms. The van der Waals surface area contributed by atoms with E-state index < -0.39 is 0 Å². The van der Waals surface area contributed by atoms with Crippen molar-refractivity contribution < 1.29 is 9.47 Å². The second kappa shape index (κ2) is 4.69. The number of hydrogen-bond donors (Lipinski definition) is 1. The van der Waals surface area contributed by atoms with Crippen molar-refractivity contribution in [2.24, 2.45) is 7.05 Å². The quantitative estimate of drug-likeness (QED) is 0.792. The van der Waals surface area contributed by atoms with Crippen LogP contribution in [0.1, 0.15) is 5.69 Å². The van der Waals surface area contributed by atoms with Crippen molar-refractivity contribution in [1.82, 2.24) is 19.2 Å². The maximum absolute atomic E-state index is 6.25. The Kier molecular flexibility index (Phi) is 2.97. The first-order chi connectivity index (χ1) is 10.1. The van der Waals surface area contributed by atoms with Crippen LogP contribution in [0.4, 0.5) is 5.82 Å². The normalized spacial score (nSPS) is 11.0. The Bertz CT molecular complexity index is 818. The molecule has 0 unspecified atom stereocenters. The SMILES string of the molecule is COc1cccn2c(N)c(-c3c(C)nn(C)c3OC)nc12. The minimum absolute atomic E-state index is 0.526. The molecule has 21 heavy (non-hydrogen) atoms. The number of aromatic nitrogens is 4. The molecule has 2 N–H and O–H groups in total. The molecule has 110 valence electrons. The molecular weight excluding hydrogens is 270 g/mol. The Morgan fingerprint density at radius 2 is 2.00 bits per heavy atom. The molecule has 0 saturated carbocycles. The molecule has 0 aliphatic carbocycles. The summed E-state index contributed by atoms with van der Waals surface area (Å²) in [6, 6.07) is 3.71. The van der Waals surface area contributed by atoms with Gasteiger partial charge in [0.25, 0.3) is 0 Å². The zero-order chi connectivity index (χ0) is 15.1. The van der Waals surface area contributed by atoms with Crippen molar-refractivity contribution in [2.45, 2.75) is 6.92 Å². The van der Waals surface area contributed by atoms with Gasteiger partial charge in [-0.1, -0.05) is 0 Å². The summed E-state index contributed by atoms with van der Waals surface area (Å²) in [5.74, 6) is 1.82. The van der Waals surface area contributed by atoms with Crippen molar-refractivity contribution in [2.75, 3.05) is 20.0 Å². The third-order valence-electron chi connectivity index (χ3n) is 3.47. The Balaban J connectivity index is 2.34. The molecule has 3 rings (SSSR count). The molecule has 7 nitrogen and oxygen atoms in total. The first kappa shape index (κ1) is 13.3. The van der Waals surface area contributed by atoms with Crippen molar-refractivity contribution in [3.8, 4) is 22.9 Å². The van der Waals surface area contributed by atoms with Crippen LogP contribution in [-0.2, 0) is 7.05 Å². The van der Waals surface area contributed by atoms with Gasteiger partial charge in [0.1, 0.15) is 11.5 Å². The van der Waals surface area contributed by atoms with Gasteiger partial charge >= 0.3 is 0 Å². The summed E-state index contributed by atoms with van der Waals surface area (Å²) >= 11 is 0. The topological polar surface area (TPSA) is 79.6 Å². The maximum Gasteiger partial charge on any atom is 0.221 e. The lowest BCUT2D eigenvalue weighted by Crippen LogP contribution is -1.97. The van der Waals surface area contributed by atoms with Crippen LogP contribution in [0.3, 0.4) is 0 Å². The molecule has 0 saturated heterocycles. The largest absolute Gasteiger partial charge is 0.493 e. The Labute approximate surface area is 121 Å². The smallest absolute Gasteiger partial charge is 0.221 e. The third-order valence-corrected chi connectivity index (χ3v) is 3.47. The van der Waals surface area contributed by atoms with E-state index in [1.165, 1.54) is 0 Å². The van der Waals surface area contributed by atoms with Gasteiger partial charge in [-0.2, -0.15) is 5.10 Å². The van der Waals surface area contributed by atoms with Gasteiger partial charge in [-0.3, -0.25) is 4.40 Å². The summed E-state index contributed by atoms with van der Waals surface area (Å²) in [5, 5.41) is 4.37. The van der Waals surface area contributed by atoms with E-state index in [1.807, 2.05) is 32.3 Å². The molecule has 0 aliphatic heterocycles. The summed E-state index contributed by atoms with van der Waals surface area (Å²) in [6.45, 7) is 1.90. The minimum atomic E-state index is 0.526. The van der Waals surface area contributed by atoms with Gasteiger partial charge in [0, 0.05) is 13.2 Å². The molecule has 0 atom stereocenters. The van der Waals surface area contributed by atoms with Gasteiger partial charge in [0.05, 0.1) is 25.5 Å². The summed E-state index contributed by atoms with van der Waals surface area (Å²) in [7, 11) is 5.03. The molecule has 3 heterocycles. The van der Waals surface area contributed by atoms with Crippen LogP contribution >= 0.6 is 0 Å². The summed E-state index contributed by atoms with van der Waals surface area (Å²) in [5.41, 5.74) is 9.16. The Hall–Kier alpha value is -2.70. The van der Waals surface area contributed by atoms with Gasteiger partial charge in [0.15, 0.2) is 11.4 Å². The molecular formula is C14H17N5O2. The monoisotopic (exact) mass is 287 g/mol. The lowest BCUT2D eigenvalue weighted by molar-refractivity contribution is 0.374. The minimum Gasteiger partial charge on any atom is -0.493 e. The molecule has 3 aromatic rings. The van der Waals surface area contributed by atoms with Gasteiger partial charge in [0.2, 0.25) is 5.88 Å². The second-order valence-corrected chi connectivity index (χ2v) is 4.71. The average molecular weight is 287 g/mol. The van der Waals surface area contributed by atoms with Crippen LogP contribution < -0.4 is 15.2 Å². The molecule has 3 aromatic heterocycles. The van der Waals surface area contributed by atoms with E-state index in [0.29, 0.717) is 28.8 Å². The number of hydrogen-bond acceptors (Lipinski definition) is 5. The number of ether oxygens (including phenoxy) is 2. The van der Waals surface area contributed by atoms with E-state index in [9.17, 15) is 0 Å². The van der Waals surface area contributed by atoms with Crippen LogP contribution in [0.2, 0.25) is 0 Å². The summed E-state index contributed by atoms with van der Waals surface area (Å²) in [4.78, 5) is 4.62. The standard InChI is InChI=1S/C14H17N5O2/c1-8-10(14(21-4)18(2)17-8)11-12(15)19-7-5-6-9(20-3)13(19)16-11/h5-7H,15H2,1-4H3. The van der Waals surface area contributed by atoms with E-state index in [-0.39, 0.29) is 0 Å². The number of pyridine rings is 1. The highest BCUT2D eigenvalue weighted by atomic mass is 16.5. The van der Waals surface area contributed by atoms with E-state index >= 15 is 0 Å². The zero-order valence-electron chi connectivity index (χ0n) is 12.4. The predicted octanol–water partition coefficient (Wildman–Crippen LogP) is 1.64. The lowest BCUT2D eigenvalue weighted by Gasteiger charge is -2.03. The molecule has 0 spiro atoms. The fraction of sp³-hybridized carbons (Fsp3) is 0.286.